The summed E-state index contributed by atoms with van der Waals surface area (Å²) in [6, 6.07) is 0.876. The second-order valence-corrected chi connectivity index (χ2v) is 7.50. The van der Waals surface area contributed by atoms with E-state index < -0.39 is 0 Å². The summed E-state index contributed by atoms with van der Waals surface area (Å²) >= 11 is 2.00. The van der Waals surface area contributed by atoms with E-state index in [1.54, 1.807) is 0 Å². The van der Waals surface area contributed by atoms with E-state index in [-0.39, 0.29) is 0 Å². The molecule has 2 unspecified atom stereocenters. The Bertz CT molecular complexity index is 243. The molecule has 2 fully saturated rings. The maximum Gasteiger partial charge on any atom is 0.0303 e. The molecule has 1 saturated heterocycles. The zero-order valence-corrected chi connectivity index (χ0v) is 13.0. The van der Waals surface area contributed by atoms with Crippen LogP contribution in [0.25, 0.3) is 0 Å². The molecule has 0 spiro atoms. The number of rotatable bonds is 4. The molecule has 2 atom stereocenters. The standard InChI is InChI=1S/C15H30N2S/c1-3-13-5-4-6-14(11-13)17-9-7-15(12-16,18-2)8-10-17/h13-14H,3-12,16H2,1-2H3. The molecule has 2 rings (SSSR count). The van der Waals surface area contributed by atoms with Gasteiger partial charge in [-0.05, 0) is 50.9 Å². The van der Waals surface area contributed by atoms with Crippen LogP contribution in [0.2, 0.25) is 0 Å². The van der Waals surface area contributed by atoms with E-state index in [1.165, 1.54) is 58.0 Å². The topological polar surface area (TPSA) is 29.3 Å². The largest absolute Gasteiger partial charge is 0.329 e. The summed E-state index contributed by atoms with van der Waals surface area (Å²) in [5.41, 5.74) is 5.98. The average Bonchev–Trinajstić information content (AvgIpc) is 2.47. The van der Waals surface area contributed by atoms with Crippen LogP contribution in [0.4, 0.5) is 0 Å². The first kappa shape index (κ1) is 14.7. The molecule has 2 N–H and O–H groups in total. The van der Waals surface area contributed by atoms with Crippen LogP contribution in [-0.2, 0) is 0 Å². The fraction of sp³-hybridized carbons (Fsp3) is 1.00. The van der Waals surface area contributed by atoms with Crippen molar-refractivity contribution >= 4 is 11.8 Å². The summed E-state index contributed by atoms with van der Waals surface area (Å²) in [5, 5.41) is 0. The molecular formula is C15H30N2S. The minimum atomic E-state index is 0.384. The Kier molecular flexibility index (Phi) is 5.40. The van der Waals surface area contributed by atoms with E-state index in [1.807, 2.05) is 11.8 Å². The van der Waals surface area contributed by atoms with E-state index in [9.17, 15) is 0 Å². The van der Waals surface area contributed by atoms with Gasteiger partial charge in [-0.3, -0.25) is 0 Å². The maximum absolute atomic E-state index is 5.98. The van der Waals surface area contributed by atoms with Crippen LogP contribution in [0.3, 0.4) is 0 Å². The zero-order chi connectivity index (χ0) is 13.0. The molecule has 1 heterocycles. The molecule has 0 amide bonds. The van der Waals surface area contributed by atoms with Crippen molar-refractivity contribution in [3.63, 3.8) is 0 Å². The molecule has 0 aromatic rings. The lowest BCUT2D eigenvalue weighted by molar-refractivity contribution is 0.0971. The van der Waals surface area contributed by atoms with Gasteiger partial charge in [-0.2, -0.15) is 11.8 Å². The number of likely N-dealkylation sites (tertiary alicyclic amines) is 1. The SMILES string of the molecule is CCC1CCCC(N2CCC(CN)(SC)CC2)C1. The Morgan fingerprint density at radius 3 is 2.56 bits per heavy atom. The number of nitrogens with two attached hydrogens (primary N) is 1. The molecule has 0 radical (unpaired) electrons. The highest BCUT2D eigenvalue weighted by Gasteiger charge is 2.35. The number of piperidine rings is 1. The minimum Gasteiger partial charge on any atom is -0.329 e. The van der Waals surface area contributed by atoms with Crippen LogP contribution < -0.4 is 5.73 Å². The van der Waals surface area contributed by atoms with Crippen LogP contribution in [0.1, 0.15) is 51.9 Å². The fourth-order valence-electron chi connectivity index (χ4n) is 3.75. The first-order valence-corrected chi connectivity index (χ1v) is 8.95. The van der Waals surface area contributed by atoms with Crippen LogP contribution >= 0.6 is 11.8 Å². The number of hydrogen-bond donors (Lipinski definition) is 1. The highest BCUT2D eigenvalue weighted by molar-refractivity contribution is 8.00. The third-order valence-electron chi connectivity index (χ3n) is 5.36. The molecular weight excluding hydrogens is 240 g/mol. The Hall–Kier alpha value is 0.270. The minimum absolute atomic E-state index is 0.384. The van der Waals surface area contributed by atoms with Gasteiger partial charge in [0.25, 0.3) is 0 Å². The quantitative estimate of drug-likeness (QED) is 0.851. The van der Waals surface area contributed by atoms with Gasteiger partial charge in [0.2, 0.25) is 0 Å². The molecule has 0 aromatic carbocycles. The second-order valence-electron chi connectivity index (χ2n) is 6.22. The van der Waals surface area contributed by atoms with Gasteiger partial charge in [0.05, 0.1) is 0 Å². The third kappa shape index (κ3) is 3.23. The summed E-state index contributed by atoms with van der Waals surface area (Å²) in [6.45, 7) is 5.76. The molecule has 1 aliphatic heterocycles. The van der Waals surface area contributed by atoms with E-state index in [0.29, 0.717) is 4.75 Å². The molecule has 1 aliphatic carbocycles. The molecule has 2 aliphatic rings. The van der Waals surface area contributed by atoms with Crippen LogP contribution in [0, 0.1) is 5.92 Å². The lowest BCUT2D eigenvalue weighted by Crippen LogP contribution is -2.50. The van der Waals surface area contributed by atoms with Crippen molar-refractivity contribution in [2.45, 2.75) is 62.7 Å². The van der Waals surface area contributed by atoms with Gasteiger partial charge in [-0.15, -0.1) is 0 Å². The van der Waals surface area contributed by atoms with Crippen molar-refractivity contribution in [3.8, 4) is 0 Å². The third-order valence-corrected chi connectivity index (χ3v) is 6.80. The molecule has 1 saturated carbocycles. The van der Waals surface area contributed by atoms with Crippen molar-refractivity contribution < 1.29 is 0 Å². The highest BCUT2D eigenvalue weighted by Crippen LogP contribution is 2.37. The van der Waals surface area contributed by atoms with Crippen molar-refractivity contribution in [2.75, 3.05) is 25.9 Å². The van der Waals surface area contributed by atoms with Gasteiger partial charge < -0.3 is 10.6 Å². The Balaban J connectivity index is 1.85. The van der Waals surface area contributed by atoms with Gasteiger partial charge in [0, 0.05) is 17.3 Å². The van der Waals surface area contributed by atoms with Crippen LogP contribution in [0.15, 0.2) is 0 Å². The maximum atomic E-state index is 5.98. The van der Waals surface area contributed by atoms with Crippen molar-refractivity contribution in [3.05, 3.63) is 0 Å². The first-order chi connectivity index (χ1) is 8.73. The van der Waals surface area contributed by atoms with E-state index in [4.69, 9.17) is 5.73 Å². The second kappa shape index (κ2) is 6.62. The normalized spacial score (nSPS) is 33.5. The number of hydrogen-bond acceptors (Lipinski definition) is 3. The summed E-state index contributed by atoms with van der Waals surface area (Å²) < 4.78 is 0.384. The Morgan fingerprint density at radius 2 is 2.00 bits per heavy atom. The molecule has 3 heteroatoms. The molecule has 2 nitrogen and oxygen atoms in total. The summed E-state index contributed by atoms with van der Waals surface area (Å²) in [6.07, 6.45) is 12.0. The predicted octanol–water partition coefficient (Wildman–Crippen LogP) is 3.11. The first-order valence-electron chi connectivity index (χ1n) is 7.72. The molecule has 0 aromatic heterocycles. The average molecular weight is 270 g/mol. The fourth-order valence-corrected chi connectivity index (χ4v) is 4.51. The van der Waals surface area contributed by atoms with E-state index in [2.05, 4.69) is 18.1 Å². The van der Waals surface area contributed by atoms with Gasteiger partial charge >= 0.3 is 0 Å². The van der Waals surface area contributed by atoms with Gasteiger partial charge in [0.1, 0.15) is 0 Å². The summed E-state index contributed by atoms with van der Waals surface area (Å²) in [5.74, 6) is 0.991. The van der Waals surface area contributed by atoms with E-state index in [0.717, 1.165) is 18.5 Å². The number of nitrogens with zero attached hydrogens (tertiary/aromatic N) is 1. The predicted molar refractivity (Wildman–Crippen MR) is 82.1 cm³/mol. The molecule has 0 bridgehead atoms. The summed E-state index contributed by atoms with van der Waals surface area (Å²) in [4.78, 5) is 2.77. The Morgan fingerprint density at radius 1 is 1.28 bits per heavy atom. The highest BCUT2D eigenvalue weighted by atomic mass is 32.2. The van der Waals surface area contributed by atoms with Crippen LogP contribution in [0.5, 0.6) is 0 Å². The monoisotopic (exact) mass is 270 g/mol. The molecule has 106 valence electrons. The zero-order valence-electron chi connectivity index (χ0n) is 12.2. The Labute approximate surface area is 117 Å². The van der Waals surface area contributed by atoms with Crippen molar-refractivity contribution in [2.24, 2.45) is 11.7 Å². The van der Waals surface area contributed by atoms with Crippen molar-refractivity contribution in [1.29, 1.82) is 0 Å². The lowest BCUT2D eigenvalue weighted by atomic mass is 9.82. The van der Waals surface area contributed by atoms with Crippen molar-refractivity contribution in [1.82, 2.24) is 4.90 Å². The van der Waals surface area contributed by atoms with Gasteiger partial charge in [-0.1, -0.05) is 26.2 Å². The van der Waals surface area contributed by atoms with E-state index >= 15 is 0 Å². The van der Waals surface area contributed by atoms with Gasteiger partial charge in [0.15, 0.2) is 0 Å². The van der Waals surface area contributed by atoms with Gasteiger partial charge in [-0.25, -0.2) is 0 Å². The summed E-state index contributed by atoms with van der Waals surface area (Å²) in [7, 11) is 0. The molecule has 18 heavy (non-hydrogen) atoms. The smallest absolute Gasteiger partial charge is 0.0303 e. The lowest BCUT2D eigenvalue weighted by Gasteiger charge is -2.45. The number of thioether (sulfide) groups is 1. The van der Waals surface area contributed by atoms with Crippen LogP contribution in [-0.4, -0.2) is 41.6 Å².